The molecule has 24 heavy (non-hydrogen) atoms. The zero-order valence-corrected chi connectivity index (χ0v) is 14.5. The van der Waals surface area contributed by atoms with E-state index in [4.69, 9.17) is 4.74 Å². The topological polar surface area (TPSA) is 53.0 Å². The minimum atomic E-state index is 0.0875. The van der Waals surface area contributed by atoms with E-state index < -0.39 is 0 Å². The molecule has 0 aliphatic carbocycles. The van der Waals surface area contributed by atoms with Crippen molar-refractivity contribution < 1.29 is 14.6 Å². The van der Waals surface area contributed by atoms with Gasteiger partial charge in [-0.25, -0.2) is 0 Å². The summed E-state index contributed by atoms with van der Waals surface area (Å²) in [7, 11) is 0. The smallest absolute Gasteiger partial charge is 0.254 e. The molecule has 0 radical (unpaired) electrons. The molecule has 1 N–H and O–H groups in total. The van der Waals surface area contributed by atoms with Crippen molar-refractivity contribution in [3.63, 3.8) is 0 Å². The van der Waals surface area contributed by atoms with Gasteiger partial charge in [0, 0.05) is 44.4 Å². The van der Waals surface area contributed by atoms with Crippen molar-refractivity contribution in [3.05, 3.63) is 35.4 Å². The Morgan fingerprint density at radius 1 is 1.29 bits per heavy atom. The predicted octanol–water partition coefficient (Wildman–Crippen LogP) is 1.75. The number of hydrogen-bond acceptors (Lipinski definition) is 4. The molecule has 2 aliphatic heterocycles. The molecule has 2 saturated heterocycles. The lowest BCUT2D eigenvalue weighted by Crippen LogP contribution is -2.46. The van der Waals surface area contributed by atoms with E-state index in [1.165, 1.54) is 5.56 Å². The Hall–Kier alpha value is -1.43. The minimum Gasteiger partial charge on any atom is -0.396 e. The molecule has 1 amide bonds. The van der Waals surface area contributed by atoms with Crippen LogP contribution in [0.5, 0.6) is 0 Å². The SMILES string of the molecule is CC1CCC(CO)CN1C(=O)c1cccc(CN2CCOCC2)c1. The zero-order chi connectivity index (χ0) is 16.9. The number of hydrogen-bond donors (Lipinski definition) is 1. The number of carbonyl (C=O) groups is 1. The van der Waals surface area contributed by atoms with Crippen molar-refractivity contribution in [3.8, 4) is 0 Å². The summed E-state index contributed by atoms with van der Waals surface area (Å²) in [6, 6.07) is 8.22. The maximum absolute atomic E-state index is 12.9. The third-order valence-electron chi connectivity index (χ3n) is 5.18. The summed E-state index contributed by atoms with van der Waals surface area (Å²) in [6.07, 6.45) is 1.96. The van der Waals surface area contributed by atoms with Crippen molar-refractivity contribution in [1.29, 1.82) is 0 Å². The Morgan fingerprint density at radius 2 is 2.08 bits per heavy atom. The molecule has 5 nitrogen and oxygen atoms in total. The second-order valence-electron chi connectivity index (χ2n) is 7.02. The molecule has 2 heterocycles. The Labute approximate surface area is 144 Å². The predicted molar refractivity (Wildman–Crippen MR) is 92.8 cm³/mol. The number of aliphatic hydroxyl groups excluding tert-OH is 1. The first-order chi connectivity index (χ1) is 11.7. The van der Waals surface area contributed by atoms with E-state index in [9.17, 15) is 9.90 Å². The summed E-state index contributed by atoms with van der Waals surface area (Å²) in [5.74, 6) is 0.297. The maximum atomic E-state index is 12.9. The lowest BCUT2D eigenvalue weighted by Gasteiger charge is -2.37. The van der Waals surface area contributed by atoms with Gasteiger partial charge in [-0.2, -0.15) is 0 Å². The lowest BCUT2D eigenvalue weighted by molar-refractivity contribution is 0.0341. The molecule has 2 aliphatic rings. The number of likely N-dealkylation sites (tertiary alicyclic amines) is 1. The molecule has 2 fully saturated rings. The number of ether oxygens (including phenoxy) is 1. The Balaban J connectivity index is 1.69. The molecular formula is C19H28N2O3. The van der Waals surface area contributed by atoms with Gasteiger partial charge in [-0.05, 0) is 43.4 Å². The minimum absolute atomic E-state index is 0.0875. The van der Waals surface area contributed by atoms with E-state index in [2.05, 4.69) is 17.9 Å². The van der Waals surface area contributed by atoms with Crippen LogP contribution in [0.15, 0.2) is 24.3 Å². The molecule has 132 valence electrons. The molecule has 0 spiro atoms. The van der Waals surface area contributed by atoms with Crippen LogP contribution in [0.2, 0.25) is 0 Å². The Bertz CT molecular complexity index is 557. The third-order valence-corrected chi connectivity index (χ3v) is 5.18. The van der Waals surface area contributed by atoms with Gasteiger partial charge >= 0.3 is 0 Å². The summed E-state index contributed by atoms with van der Waals surface area (Å²) < 4.78 is 5.39. The Morgan fingerprint density at radius 3 is 2.83 bits per heavy atom. The number of piperidine rings is 1. The van der Waals surface area contributed by atoms with Crippen LogP contribution in [0.1, 0.15) is 35.7 Å². The van der Waals surface area contributed by atoms with Crippen molar-refractivity contribution in [2.45, 2.75) is 32.4 Å². The van der Waals surface area contributed by atoms with Crippen molar-refractivity contribution in [2.75, 3.05) is 39.5 Å². The third kappa shape index (κ3) is 4.15. The largest absolute Gasteiger partial charge is 0.396 e. The highest BCUT2D eigenvalue weighted by atomic mass is 16.5. The van der Waals surface area contributed by atoms with Crippen LogP contribution in [0.4, 0.5) is 0 Å². The molecule has 2 atom stereocenters. The van der Waals surface area contributed by atoms with Gasteiger partial charge in [-0.15, -0.1) is 0 Å². The van der Waals surface area contributed by atoms with E-state index in [1.807, 2.05) is 23.1 Å². The quantitative estimate of drug-likeness (QED) is 0.913. The van der Waals surface area contributed by atoms with Crippen LogP contribution < -0.4 is 0 Å². The average molecular weight is 332 g/mol. The van der Waals surface area contributed by atoms with Gasteiger partial charge in [0.2, 0.25) is 0 Å². The first kappa shape index (κ1) is 17.4. The van der Waals surface area contributed by atoms with Crippen LogP contribution in [-0.4, -0.2) is 66.3 Å². The second kappa shape index (κ2) is 8.10. The molecule has 1 aromatic carbocycles. The molecule has 0 saturated carbocycles. The average Bonchev–Trinajstić information content (AvgIpc) is 2.63. The summed E-state index contributed by atoms with van der Waals surface area (Å²) in [4.78, 5) is 17.2. The van der Waals surface area contributed by atoms with Gasteiger partial charge in [0.25, 0.3) is 5.91 Å². The molecule has 2 unspecified atom stereocenters. The summed E-state index contributed by atoms with van der Waals surface area (Å²) in [5.41, 5.74) is 1.93. The summed E-state index contributed by atoms with van der Waals surface area (Å²) >= 11 is 0. The van der Waals surface area contributed by atoms with Crippen LogP contribution >= 0.6 is 0 Å². The van der Waals surface area contributed by atoms with E-state index in [-0.39, 0.29) is 24.5 Å². The number of benzene rings is 1. The van der Waals surface area contributed by atoms with Crippen LogP contribution in [0, 0.1) is 5.92 Å². The molecule has 0 aromatic heterocycles. The van der Waals surface area contributed by atoms with Gasteiger partial charge in [-0.3, -0.25) is 9.69 Å². The fraction of sp³-hybridized carbons (Fsp3) is 0.632. The zero-order valence-electron chi connectivity index (χ0n) is 14.5. The van der Waals surface area contributed by atoms with Gasteiger partial charge < -0.3 is 14.7 Å². The molecule has 5 heteroatoms. The van der Waals surface area contributed by atoms with Crippen LogP contribution in [0.3, 0.4) is 0 Å². The number of amides is 1. The van der Waals surface area contributed by atoms with E-state index in [0.717, 1.165) is 51.3 Å². The number of morpholine rings is 1. The highest BCUT2D eigenvalue weighted by Gasteiger charge is 2.29. The first-order valence-corrected chi connectivity index (χ1v) is 8.98. The lowest BCUT2D eigenvalue weighted by atomic mass is 9.93. The van der Waals surface area contributed by atoms with Crippen LogP contribution in [0.25, 0.3) is 0 Å². The van der Waals surface area contributed by atoms with Crippen LogP contribution in [-0.2, 0) is 11.3 Å². The fourth-order valence-electron chi connectivity index (χ4n) is 3.60. The normalized spacial score (nSPS) is 25.7. The second-order valence-corrected chi connectivity index (χ2v) is 7.02. The fourth-order valence-corrected chi connectivity index (χ4v) is 3.60. The molecular weight excluding hydrogens is 304 g/mol. The highest BCUT2D eigenvalue weighted by Crippen LogP contribution is 2.24. The number of nitrogens with zero attached hydrogens (tertiary/aromatic N) is 2. The summed E-state index contributed by atoms with van der Waals surface area (Å²) in [6.45, 7) is 7.23. The van der Waals surface area contributed by atoms with Crippen molar-refractivity contribution in [2.24, 2.45) is 5.92 Å². The number of aliphatic hydroxyl groups is 1. The van der Waals surface area contributed by atoms with Crippen molar-refractivity contribution >= 4 is 5.91 Å². The van der Waals surface area contributed by atoms with E-state index in [1.54, 1.807) is 0 Å². The van der Waals surface area contributed by atoms with Gasteiger partial charge in [0.15, 0.2) is 0 Å². The summed E-state index contributed by atoms with van der Waals surface area (Å²) in [5, 5.41) is 9.42. The van der Waals surface area contributed by atoms with E-state index >= 15 is 0 Å². The number of carbonyl (C=O) groups excluding carboxylic acids is 1. The molecule has 3 rings (SSSR count). The Kier molecular flexibility index (Phi) is 5.87. The van der Waals surface area contributed by atoms with Gasteiger partial charge in [0.05, 0.1) is 13.2 Å². The maximum Gasteiger partial charge on any atom is 0.254 e. The monoisotopic (exact) mass is 332 g/mol. The number of rotatable bonds is 4. The first-order valence-electron chi connectivity index (χ1n) is 8.98. The van der Waals surface area contributed by atoms with Crippen molar-refractivity contribution in [1.82, 2.24) is 9.80 Å². The molecule has 0 bridgehead atoms. The van der Waals surface area contributed by atoms with Gasteiger partial charge in [-0.1, -0.05) is 12.1 Å². The van der Waals surface area contributed by atoms with Gasteiger partial charge in [0.1, 0.15) is 0 Å². The highest BCUT2D eigenvalue weighted by molar-refractivity contribution is 5.94. The standard InChI is InChI=1S/C19H28N2O3/c1-15-5-6-17(14-22)13-21(15)19(23)18-4-2-3-16(11-18)12-20-7-9-24-10-8-20/h2-4,11,15,17,22H,5-10,12-14H2,1H3. The molecule has 1 aromatic rings. The van der Waals surface area contributed by atoms with E-state index in [0.29, 0.717) is 6.54 Å².